The Labute approximate surface area is 191 Å². The molecule has 7 heteroatoms. The van der Waals surface area contributed by atoms with Crippen LogP contribution in [-0.2, 0) is 0 Å². The van der Waals surface area contributed by atoms with Crippen LogP contribution in [0.3, 0.4) is 0 Å². The quantitative estimate of drug-likeness (QED) is 0.417. The van der Waals surface area contributed by atoms with Crippen molar-refractivity contribution in [1.82, 2.24) is 9.78 Å². The Kier molecular flexibility index (Phi) is 5.61. The number of carbonyl (C=O) groups is 1. The highest BCUT2D eigenvalue weighted by molar-refractivity contribution is 6.31. The SMILES string of the molecule is Cc1ccc(Cl)cc1[C@H]1c2c(C(C)C)nn(C(C)C)c2C(=O)N1c1cccc(Cl)c1F. The van der Waals surface area contributed by atoms with E-state index in [0.29, 0.717) is 10.7 Å². The third kappa shape index (κ3) is 3.44. The molecule has 2 heterocycles. The summed E-state index contributed by atoms with van der Waals surface area (Å²) < 4.78 is 16.9. The van der Waals surface area contributed by atoms with E-state index < -0.39 is 11.9 Å². The zero-order chi connectivity index (χ0) is 22.6. The Hall–Kier alpha value is -2.37. The van der Waals surface area contributed by atoms with Crippen LogP contribution < -0.4 is 4.90 Å². The molecule has 0 aliphatic carbocycles. The zero-order valence-electron chi connectivity index (χ0n) is 18.1. The molecule has 1 aliphatic rings. The van der Waals surface area contributed by atoms with E-state index in [0.717, 1.165) is 22.4 Å². The van der Waals surface area contributed by atoms with Crippen LogP contribution in [0.15, 0.2) is 36.4 Å². The zero-order valence-corrected chi connectivity index (χ0v) is 19.6. The van der Waals surface area contributed by atoms with Crippen molar-refractivity contribution in [3.05, 3.63) is 80.3 Å². The fraction of sp³-hybridized carbons (Fsp3) is 0.333. The number of benzene rings is 2. The highest BCUT2D eigenvalue weighted by atomic mass is 35.5. The second-order valence-electron chi connectivity index (χ2n) is 8.49. The van der Waals surface area contributed by atoms with Gasteiger partial charge >= 0.3 is 0 Å². The van der Waals surface area contributed by atoms with Crippen molar-refractivity contribution < 1.29 is 9.18 Å². The first-order valence-corrected chi connectivity index (χ1v) is 11.0. The smallest absolute Gasteiger partial charge is 0.277 e. The molecular formula is C24H24Cl2FN3O. The lowest BCUT2D eigenvalue weighted by molar-refractivity contribution is 0.0981. The molecule has 4 nitrogen and oxygen atoms in total. The summed E-state index contributed by atoms with van der Waals surface area (Å²) in [6, 6.07) is 9.68. The van der Waals surface area contributed by atoms with E-state index >= 15 is 4.39 Å². The summed E-state index contributed by atoms with van der Waals surface area (Å²) in [6.07, 6.45) is 0. The number of carbonyl (C=O) groups excluding carboxylic acids is 1. The van der Waals surface area contributed by atoms with E-state index in [1.807, 2.05) is 52.8 Å². The predicted molar refractivity (Wildman–Crippen MR) is 123 cm³/mol. The molecule has 1 amide bonds. The number of hydrogen-bond donors (Lipinski definition) is 0. The normalized spacial score (nSPS) is 16.0. The van der Waals surface area contributed by atoms with Crippen molar-refractivity contribution >= 4 is 34.8 Å². The second-order valence-corrected chi connectivity index (χ2v) is 9.34. The molecule has 0 unspecified atom stereocenters. The first kappa shape index (κ1) is 21.8. The van der Waals surface area contributed by atoms with Gasteiger partial charge in [-0.3, -0.25) is 14.4 Å². The maximum absolute atomic E-state index is 15.2. The van der Waals surface area contributed by atoms with Crippen molar-refractivity contribution in [2.75, 3.05) is 4.90 Å². The van der Waals surface area contributed by atoms with Crippen LogP contribution in [0, 0.1) is 12.7 Å². The molecule has 0 N–H and O–H groups in total. The molecule has 1 atom stereocenters. The van der Waals surface area contributed by atoms with Gasteiger partial charge in [0.15, 0.2) is 5.82 Å². The Morgan fingerprint density at radius 3 is 2.45 bits per heavy atom. The minimum absolute atomic E-state index is 0.0302. The van der Waals surface area contributed by atoms with E-state index in [4.69, 9.17) is 28.3 Å². The Balaban J connectivity index is 2.08. The molecule has 0 bridgehead atoms. The number of amides is 1. The lowest BCUT2D eigenvalue weighted by Gasteiger charge is -2.28. The lowest BCUT2D eigenvalue weighted by atomic mass is 9.92. The Bertz CT molecular complexity index is 1190. The van der Waals surface area contributed by atoms with Crippen LogP contribution >= 0.6 is 23.2 Å². The Morgan fingerprint density at radius 1 is 1.10 bits per heavy atom. The third-order valence-corrected chi connectivity index (χ3v) is 6.22. The van der Waals surface area contributed by atoms with Gasteiger partial charge in [0.1, 0.15) is 5.69 Å². The summed E-state index contributed by atoms with van der Waals surface area (Å²) in [5.74, 6) is -0.844. The van der Waals surface area contributed by atoms with Gasteiger partial charge in [-0.25, -0.2) is 4.39 Å². The minimum atomic E-state index is -0.623. The second kappa shape index (κ2) is 7.95. The van der Waals surface area contributed by atoms with Crippen molar-refractivity contribution in [3.63, 3.8) is 0 Å². The minimum Gasteiger partial charge on any atom is -0.292 e. The summed E-state index contributed by atoms with van der Waals surface area (Å²) >= 11 is 12.4. The number of nitrogens with zero attached hydrogens (tertiary/aromatic N) is 3. The van der Waals surface area contributed by atoms with Gasteiger partial charge in [0.25, 0.3) is 5.91 Å². The summed E-state index contributed by atoms with van der Waals surface area (Å²) in [7, 11) is 0. The molecule has 0 fully saturated rings. The predicted octanol–water partition coefficient (Wildman–Crippen LogP) is 7.09. The van der Waals surface area contributed by atoms with Crippen molar-refractivity contribution in [2.45, 2.75) is 52.6 Å². The van der Waals surface area contributed by atoms with Gasteiger partial charge in [0.05, 0.1) is 22.4 Å². The molecule has 4 rings (SSSR count). The molecule has 3 aromatic rings. The highest BCUT2D eigenvalue weighted by Gasteiger charge is 2.46. The number of anilines is 1. The largest absolute Gasteiger partial charge is 0.292 e. The monoisotopic (exact) mass is 459 g/mol. The summed E-state index contributed by atoms with van der Waals surface area (Å²) in [6.45, 7) is 10.0. The van der Waals surface area contributed by atoms with Gasteiger partial charge in [-0.15, -0.1) is 0 Å². The number of halogens is 3. The number of hydrogen-bond acceptors (Lipinski definition) is 2. The van der Waals surface area contributed by atoms with Crippen LogP contribution in [-0.4, -0.2) is 15.7 Å². The average Bonchev–Trinajstić information content (AvgIpc) is 3.23. The molecule has 0 saturated heterocycles. The molecule has 0 radical (unpaired) electrons. The maximum Gasteiger partial charge on any atom is 0.277 e. The lowest BCUT2D eigenvalue weighted by Crippen LogP contribution is -2.32. The van der Waals surface area contributed by atoms with Crippen LogP contribution in [0.1, 0.15) is 78.6 Å². The fourth-order valence-corrected chi connectivity index (χ4v) is 4.59. The van der Waals surface area contributed by atoms with Gasteiger partial charge in [0, 0.05) is 16.6 Å². The summed E-state index contributed by atoms with van der Waals surface area (Å²) in [5.41, 5.74) is 4.05. The molecular weight excluding hydrogens is 436 g/mol. The molecule has 2 aromatic carbocycles. The molecule has 1 aromatic heterocycles. The van der Waals surface area contributed by atoms with E-state index in [9.17, 15) is 4.79 Å². The van der Waals surface area contributed by atoms with Gasteiger partial charge in [-0.1, -0.05) is 49.2 Å². The molecule has 0 saturated carbocycles. The fourth-order valence-electron chi connectivity index (χ4n) is 4.24. The molecule has 1 aliphatic heterocycles. The number of rotatable bonds is 4. The maximum atomic E-state index is 15.2. The van der Waals surface area contributed by atoms with Crippen LogP contribution in [0.5, 0.6) is 0 Å². The van der Waals surface area contributed by atoms with Crippen LogP contribution in [0.4, 0.5) is 10.1 Å². The van der Waals surface area contributed by atoms with E-state index in [2.05, 4.69) is 0 Å². The molecule has 31 heavy (non-hydrogen) atoms. The Morgan fingerprint density at radius 2 is 1.81 bits per heavy atom. The number of aryl methyl sites for hydroxylation is 1. The van der Waals surface area contributed by atoms with Gasteiger partial charge in [0.2, 0.25) is 0 Å². The topological polar surface area (TPSA) is 38.1 Å². The third-order valence-electron chi connectivity index (χ3n) is 5.69. The van der Waals surface area contributed by atoms with Gasteiger partial charge in [-0.2, -0.15) is 5.10 Å². The van der Waals surface area contributed by atoms with E-state index in [1.54, 1.807) is 16.8 Å². The van der Waals surface area contributed by atoms with Gasteiger partial charge in [-0.05, 0) is 62.1 Å². The standard InChI is InChI=1S/C24H24Cl2FN3O/c1-12(2)21-19-22(16-11-15(25)10-9-14(16)5)29(18-8-6-7-17(26)20(18)27)24(31)23(19)30(28-21)13(3)4/h6-13,22H,1-5H3/t22-/m0/s1. The summed E-state index contributed by atoms with van der Waals surface area (Å²) in [4.78, 5) is 15.3. The van der Waals surface area contributed by atoms with Gasteiger partial charge < -0.3 is 0 Å². The summed E-state index contributed by atoms with van der Waals surface area (Å²) in [5, 5.41) is 5.31. The number of aromatic nitrogens is 2. The molecule has 162 valence electrons. The van der Waals surface area contributed by atoms with E-state index in [-0.39, 0.29) is 28.6 Å². The van der Waals surface area contributed by atoms with Crippen LogP contribution in [0.2, 0.25) is 10.0 Å². The first-order valence-electron chi connectivity index (χ1n) is 10.3. The first-order chi connectivity index (χ1) is 14.6. The molecule has 0 spiro atoms. The van der Waals surface area contributed by atoms with Crippen molar-refractivity contribution in [2.24, 2.45) is 0 Å². The van der Waals surface area contributed by atoms with Crippen LogP contribution in [0.25, 0.3) is 0 Å². The average molecular weight is 460 g/mol. The van der Waals surface area contributed by atoms with E-state index in [1.165, 1.54) is 11.0 Å². The van der Waals surface area contributed by atoms with Crippen molar-refractivity contribution in [3.8, 4) is 0 Å². The highest BCUT2D eigenvalue weighted by Crippen LogP contribution is 2.47. The van der Waals surface area contributed by atoms with Crippen molar-refractivity contribution in [1.29, 1.82) is 0 Å². The number of fused-ring (bicyclic) bond motifs is 1.